The molecule has 0 heterocycles. The molecule has 0 aromatic heterocycles. The molecule has 0 aromatic rings. The first-order chi connectivity index (χ1) is 5.41. The quantitative estimate of drug-likeness (QED) is 0.444. The fourth-order valence-corrected chi connectivity index (χ4v) is 1.16. The van der Waals surface area contributed by atoms with Crippen LogP contribution in [-0.2, 0) is 0 Å². The van der Waals surface area contributed by atoms with E-state index in [1.54, 1.807) is 0 Å². The highest BCUT2D eigenvalue weighted by molar-refractivity contribution is 6.17. The van der Waals surface area contributed by atoms with Crippen LogP contribution >= 0.6 is 11.6 Å². The van der Waals surface area contributed by atoms with E-state index in [1.807, 2.05) is 0 Å². The third-order valence-electron chi connectivity index (χ3n) is 1.69. The maximum Gasteiger partial charge on any atom is 0.0223 e. The summed E-state index contributed by atoms with van der Waals surface area (Å²) in [6.07, 6.45) is 6.33. The van der Waals surface area contributed by atoms with Gasteiger partial charge in [-0.2, -0.15) is 0 Å². The number of unbranched alkanes of at least 4 members (excludes halogenated alkanes) is 3. The van der Waals surface area contributed by atoms with E-state index in [2.05, 4.69) is 12.2 Å². The first-order valence-corrected chi connectivity index (χ1v) is 5.22. The topological polar surface area (TPSA) is 12.0 Å². The molecule has 0 fully saturated rings. The smallest absolute Gasteiger partial charge is 0.0223 e. The minimum Gasteiger partial charge on any atom is -0.317 e. The molecule has 11 heavy (non-hydrogen) atoms. The van der Waals surface area contributed by atoms with Gasteiger partial charge < -0.3 is 5.32 Å². The average Bonchev–Trinajstić information content (AvgIpc) is 2.03. The Labute approximate surface area is 75.5 Å². The zero-order chi connectivity index (χ0) is 8.36. The summed E-state index contributed by atoms with van der Waals surface area (Å²) in [4.78, 5) is 0. The van der Waals surface area contributed by atoms with E-state index in [1.165, 1.54) is 32.2 Å². The van der Waals surface area contributed by atoms with Crippen molar-refractivity contribution < 1.29 is 0 Å². The fourth-order valence-electron chi connectivity index (χ4n) is 0.969. The average molecular weight is 178 g/mol. The first-order valence-electron chi connectivity index (χ1n) is 4.68. The van der Waals surface area contributed by atoms with Gasteiger partial charge in [-0.25, -0.2) is 0 Å². The van der Waals surface area contributed by atoms with Crippen LogP contribution in [0.3, 0.4) is 0 Å². The molecule has 0 spiro atoms. The van der Waals surface area contributed by atoms with Crippen LogP contribution in [0.2, 0.25) is 0 Å². The molecule has 0 aliphatic heterocycles. The predicted octanol–water partition coefficient (Wildman–Crippen LogP) is 2.79. The Balaban J connectivity index is 2.69. The second kappa shape index (κ2) is 10.2. The summed E-state index contributed by atoms with van der Waals surface area (Å²) >= 11 is 5.54. The van der Waals surface area contributed by atoms with Gasteiger partial charge >= 0.3 is 0 Å². The lowest BCUT2D eigenvalue weighted by Gasteiger charge is -2.01. The van der Waals surface area contributed by atoms with Gasteiger partial charge in [0.15, 0.2) is 0 Å². The van der Waals surface area contributed by atoms with Crippen LogP contribution in [-0.4, -0.2) is 19.0 Å². The lowest BCUT2D eigenvalue weighted by molar-refractivity contribution is 0.596. The Morgan fingerprint density at radius 3 is 2.18 bits per heavy atom. The lowest BCUT2D eigenvalue weighted by atomic mass is 10.2. The molecule has 0 unspecified atom stereocenters. The Hall–Kier alpha value is 0.250. The second-order valence-corrected chi connectivity index (χ2v) is 3.23. The summed E-state index contributed by atoms with van der Waals surface area (Å²) in [5.74, 6) is 0.802. The van der Waals surface area contributed by atoms with Crippen molar-refractivity contribution in [3.05, 3.63) is 0 Å². The number of alkyl halides is 1. The molecule has 0 atom stereocenters. The molecule has 0 aromatic carbocycles. The summed E-state index contributed by atoms with van der Waals surface area (Å²) in [7, 11) is 0. The third kappa shape index (κ3) is 10.2. The predicted molar refractivity (Wildman–Crippen MR) is 52.3 cm³/mol. The lowest BCUT2D eigenvalue weighted by Crippen LogP contribution is -2.16. The fraction of sp³-hybridized carbons (Fsp3) is 1.00. The van der Waals surface area contributed by atoms with Crippen molar-refractivity contribution >= 4 is 11.6 Å². The second-order valence-electron chi connectivity index (χ2n) is 2.85. The van der Waals surface area contributed by atoms with Gasteiger partial charge in [-0.3, -0.25) is 0 Å². The number of rotatable bonds is 8. The van der Waals surface area contributed by atoms with Crippen molar-refractivity contribution in [1.82, 2.24) is 5.32 Å². The van der Waals surface area contributed by atoms with Gasteiger partial charge in [-0.1, -0.05) is 19.8 Å². The molecule has 68 valence electrons. The van der Waals surface area contributed by atoms with E-state index in [0.29, 0.717) is 0 Å². The molecule has 0 aliphatic rings. The molecular weight excluding hydrogens is 158 g/mol. The molecule has 0 rings (SSSR count). The summed E-state index contributed by atoms with van der Waals surface area (Å²) < 4.78 is 0. The van der Waals surface area contributed by atoms with Gasteiger partial charge in [0.2, 0.25) is 0 Å². The van der Waals surface area contributed by atoms with Gasteiger partial charge in [-0.05, 0) is 32.4 Å². The molecule has 0 saturated carbocycles. The molecule has 1 nitrogen and oxygen atoms in total. The number of hydrogen-bond donors (Lipinski definition) is 1. The van der Waals surface area contributed by atoms with Crippen molar-refractivity contribution in [3.63, 3.8) is 0 Å². The molecule has 1 N–H and O–H groups in total. The van der Waals surface area contributed by atoms with Crippen LogP contribution in [0, 0.1) is 0 Å². The summed E-state index contributed by atoms with van der Waals surface area (Å²) in [6, 6.07) is 0. The highest BCUT2D eigenvalue weighted by Gasteiger charge is 1.87. The standard InChI is InChI=1S/C9H20ClN/c1-2-3-5-8-11-9-6-4-7-10/h11H,2-9H2,1H3. The van der Waals surface area contributed by atoms with Crippen molar-refractivity contribution in [3.8, 4) is 0 Å². The SMILES string of the molecule is CCCCCNCCCCCl. The van der Waals surface area contributed by atoms with Crippen LogP contribution in [0.1, 0.15) is 39.0 Å². The van der Waals surface area contributed by atoms with Crippen LogP contribution in [0.15, 0.2) is 0 Å². The van der Waals surface area contributed by atoms with E-state index in [4.69, 9.17) is 11.6 Å². The highest BCUT2D eigenvalue weighted by atomic mass is 35.5. The van der Waals surface area contributed by atoms with Crippen LogP contribution in [0.25, 0.3) is 0 Å². The zero-order valence-electron chi connectivity index (χ0n) is 7.53. The normalized spacial score (nSPS) is 10.4. The van der Waals surface area contributed by atoms with E-state index >= 15 is 0 Å². The minimum atomic E-state index is 0.802. The molecule has 0 bridgehead atoms. The van der Waals surface area contributed by atoms with Gasteiger partial charge in [0.1, 0.15) is 0 Å². The van der Waals surface area contributed by atoms with Crippen LogP contribution < -0.4 is 5.32 Å². The van der Waals surface area contributed by atoms with E-state index < -0.39 is 0 Å². The number of halogens is 1. The summed E-state index contributed by atoms with van der Waals surface area (Å²) in [5.41, 5.74) is 0. The molecule has 0 aliphatic carbocycles. The van der Waals surface area contributed by atoms with Gasteiger partial charge in [0.25, 0.3) is 0 Å². The number of hydrogen-bond acceptors (Lipinski definition) is 1. The Bertz CT molecular complexity index is 58.6. The molecule has 0 amide bonds. The zero-order valence-corrected chi connectivity index (χ0v) is 8.29. The maximum atomic E-state index is 5.54. The van der Waals surface area contributed by atoms with E-state index in [9.17, 15) is 0 Å². The Morgan fingerprint density at radius 1 is 1.00 bits per heavy atom. The third-order valence-corrected chi connectivity index (χ3v) is 1.96. The van der Waals surface area contributed by atoms with Crippen LogP contribution in [0.4, 0.5) is 0 Å². The summed E-state index contributed by atoms with van der Waals surface area (Å²) in [6.45, 7) is 4.54. The Morgan fingerprint density at radius 2 is 1.64 bits per heavy atom. The molecule has 2 heteroatoms. The monoisotopic (exact) mass is 177 g/mol. The van der Waals surface area contributed by atoms with E-state index in [0.717, 1.165) is 18.8 Å². The highest BCUT2D eigenvalue weighted by Crippen LogP contribution is 1.92. The largest absolute Gasteiger partial charge is 0.317 e. The van der Waals surface area contributed by atoms with Crippen molar-refractivity contribution in [2.45, 2.75) is 39.0 Å². The maximum absolute atomic E-state index is 5.54. The van der Waals surface area contributed by atoms with Gasteiger partial charge in [0, 0.05) is 5.88 Å². The number of nitrogens with one attached hydrogen (secondary N) is 1. The van der Waals surface area contributed by atoms with Gasteiger partial charge in [0.05, 0.1) is 0 Å². The molecule has 0 saturated heterocycles. The van der Waals surface area contributed by atoms with Crippen molar-refractivity contribution in [2.75, 3.05) is 19.0 Å². The minimum absolute atomic E-state index is 0.802. The van der Waals surface area contributed by atoms with Crippen LogP contribution in [0.5, 0.6) is 0 Å². The van der Waals surface area contributed by atoms with Crippen molar-refractivity contribution in [1.29, 1.82) is 0 Å². The Kier molecular flexibility index (Phi) is 10.5. The van der Waals surface area contributed by atoms with Crippen molar-refractivity contribution in [2.24, 2.45) is 0 Å². The molecular formula is C9H20ClN. The summed E-state index contributed by atoms with van der Waals surface area (Å²) in [5, 5.41) is 3.40. The molecule has 0 radical (unpaired) electrons. The van der Waals surface area contributed by atoms with E-state index in [-0.39, 0.29) is 0 Å². The first kappa shape index (κ1) is 11.2. The van der Waals surface area contributed by atoms with Gasteiger partial charge in [-0.15, -0.1) is 11.6 Å².